The molecule has 2 N–H and O–H groups in total. The highest BCUT2D eigenvalue weighted by molar-refractivity contribution is 7.89. The van der Waals surface area contributed by atoms with Crippen LogP contribution >= 0.6 is 0 Å². The Hall–Kier alpha value is -2.41. The smallest absolute Gasteiger partial charge is 0.240 e. The Morgan fingerprint density at radius 3 is 2.30 bits per heavy atom. The van der Waals surface area contributed by atoms with Crippen LogP contribution in [0.3, 0.4) is 0 Å². The fourth-order valence-corrected chi connectivity index (χ4v) is 4.27. The van der Waals surface area contributed by atoms with Gasteiger partial charge in [-0.1, -0.05) is 30.3 Å². The van der Waals surface area contributed by atoms with Crippen molar-refractivity contribution in [1.82, 2.24) is 4.72 Å². The molecule has 3 rings (SSSR count). The van der Waals surface area contributed by atoms with E-state index in [-0.39, 0.29) is 11.4 Å². The van der Waals surface area contributed by atoms with Crippen molar-refractivity contribution >= 4 is 10.0 Å². The highest BCUT2D eigenvalue weighted by Gasteiger charge is 2.19. The lowest BCUT2D eigenvalue weighted by atomic mass is 10.1. The van der Waals surface area contributed by atoms with Gasteiger partial charge in [0.1, 0.15) is 5.76 Å². The van der Waals surface area contributed by atoms with Crippen molar-refractivity contribution < 1.29 is 17.9 Å². The van der Waals surface area contributed by atoms with Crippen LogP contribution in [-0.4, -0.2) is 20.1 Å². The molecule has 0 aliphatic rings. The first-order valence-corrected chi connectivity index (χ1v) is 10.2. The zero-order valence-electron chi connectivity index (χ0n) is 15.6. The highest BCUT2D eigenvalue weighted by Crippen LogP contribution is 2.23. The molecule has 0 amide bonds. The van der Waals surface area contributed by atoms with Gasteiger partial charge in [0.15, 0.2) is 0 Å². The predicted octanol–water partition coefficient (Wildman–Crippen LogP) is 3.88. The molecule has 0 aliphatic heterocycles. The molecular weight excluding hydrogens is 362 g/mol. The first-order chi connectivity index (χ1) is 12.8. The Bertz CT molecular complexity index is 1020. The zero-order chi connectivity index (χ0) is 19.6. The third-order valence-electron chi connectivity index (χ3n) is 4.65. The maximum Gasteiger partial charge on any atom is 0.240 e. The summed E-state index contributed by atoms with van der Waals surface area (Å²) in [5.41, 5.74) is 4.16. The minimum atomic E-state index is -3.70. The van der Waals surface area contributed by atoms with Crippen molar-refractivity contribution in [2.75, 3.05) is 6.54 Å². The summed E-state index contributed by atoms with van der Waals surface area (Å²) < 4.78 is 33.1. The molecule has 0 aliphatic carbocycles. The van der Waals surface area contributed by atoms with Crippen LogP contribution in [0.1, 0.15) is 28.4 Å². The predicted molar refractivity (Wildman–Crippen MR) is 105 cm³/mol. The second-order valence-electron chi connectivity index (χ2n) is 6.67. The summed E-state index contributed by atoms with van der Waals surface area (Å²) >= 11 is 0. The summed E-state index contributed by atoms with van der Waals surface area (Å²) in [5.74, 6) is 0.738. The van der Waals surface area contributed by atoms with Crippen LogP contribution in [0.5, 0.6) is 0 Å². The van der Waals surface area contributed by atoms with Crippen LogP contribution in [-0.2, 0) is 10.0 Å². The number of aliphatic hydroxyl groups excluding tert-OH is 1. The summed E-state index contributed by atoms with van der Waals surface area (Å²) in [6.07, 6.45) is 0.652. The van der Waals surface area contributed by atoms with Gasteiger partial charge in [-0.15, -0.1) is 0 Å². The number of hydrogen-bond acceptors (Lipinski definition) is 4. The number of benzene rings is 2. The van der Waals surface area contributed by atoms with E-state index in [2.05, 4.69) is 4.72 Å². The molecule has 142 valence electrons. The Kier molecular flexibility index (Phi) is 5.51. The van der Waals surface area contributed by atoms with Crippen LogP contribution < -0.4 is 4.72 Å². The van der Waals surface area contributed by atoms with E-state index in [1.54, 1.807) is 31.4 Å². The number of furan rings is 1. The summed E-state index contributed by atoms with van der Waals surface area (Å²) in [4.78, 5) is 0.242. The van der Waals surface area contributed by atoms with Gasteiger partial charge in [-0.05, 0) is 61.2 Å². The molecule has 0 fully saturated rings. The molecular formula is C21H23NO4S. The van der Waals surface area contributed by atoms with Gasteiger partial charge >= 0.3 is 0 Å². The van der Waals surface area contributed by atoms with Crippen LogP contribution in [0.4, 0.5) is 0 Å². The lowest BCUT2D eigenvalue weighted by molar-refractivity contribution is 0.182. The second kappa shape index (κ2) is 7.68. The third kappa shape index (κ3) is 4.30. The lowest BCUT2D eigenvalue weighted by Gasteiger charge is -2.15. The van der Waals surface area contributed by atoms with E-state index in [0.29, 0.717) is 11.1 Å². The van der Waals surface area contributed by atoms with Crippen molar-refractivity contribution in [1.29, 1.82) is 0 Å². The van der Waals surface area contributed by atoms with Crippen molar-refractivity contribution in [2.24, 2.45) is 0 Å². The largest absolute Gasteiger partial charge is 0.464 e. The van der Waals surface area contributed by atoms with Gasteiger partial charge < -0.3 is 9.52 Å². The number of sulfonamides is 1. The maximum atomic E-state index is 12.6. The van der Waals surface area contributed by atoms with Gasteiger partial charge in [0.2, 0.25) is 10.0 Å². The van der Waals surface area contributed by atoms with Crippen molar-refractivity contribution in [2.45, 2.75) is 31.8 Å². The first-order valence-electron chi connectivity index (χ1n) is 8.67. The minimum absolute atomic E-state index is 0.102. The molecule has 1 aromatic heterocycles. The molecule has 0 saturated heterocycles. The van der Waals surface area contributed by atoms with E-state index in [1.165, 1.54) is 0 Å². The van der Waals surface area contributed by atoms with Crippen LogP contribution in [0.15, 0.2) is 64.1 Å². The second-order valence-corrected chi connectivity index (χ2v) is 8.40. The molecule has 3 aromatic rings. The lowest BCUT2D eigenvalue weighted by Crippen LogP contribution is -2.29. The first kappa shape index (κ1) is 19.4. The van der Waals surface area contributed by atoms with Crippen LogP contribution in [0, 0.1) is 20.8 Å². The molecule has 0 saturated carbocycles. The minimum Gasteiger partial charge on any atom is -0.464 e. The summed E-state index contributed by atoms with van der Waals surface area (Å²) in [6, 6.07) is 14.4. The van der Waals surface area contributed by atoms with Crippen molar-refractivity contribution in [3.8, 4) is 11.3 Å². The molecule has 0 radical (unpaired) electrons. The Labute approximate surface area is 159 Å². The Morgan fingerprint density at radius 2 is 1.67 bits per heavy atom. The standard InChI is InChI=1S/C21H23NO4S/c1-14-11-16(3)21(12-15(14)2)27(24,25)22-13-19(23)17-6-8-18(9-7-17)20-5-4-10-26-20/h4-12,19,22-23H,13H2,1-3H3/t19-/m0/s1. The van der Waals surface area contributed by atoms with Gasteiger partial charge in [0.25, 0.3) is 0 Å². The third-order valence-corrected chi connectivity index (χ3v) is 6.21. The number of nitrogens with one attached hydrogen (secondary N) is 1. The number of aryl methyl sites for hydroxylation is 3. The summed E-state index contributed by atoms with van der Waals surface area (Å²) in [7, 11) is -3.70. The molecule has 2 aromatic carbocycles. The van der Waals surface area contributed by atoms with Crippen LogP contribution in [0.25, 0.3) is 11.3 Å². The van der Waals surface area contributed by atoms with Gasteiger partial charge in [0.05, 0.1) is 17.3 Å². The normalized spacial score (nSPS) is 12.9. The van der Waals surface area contributed by atoms with E-state index < -0.39 is 16.1 Å². The van der Waals surface area contributed by atoms with E-state index in [1.807, 2.05) is 44.2 Å². The van der Waals surface area contributed by atoms with E-state index >= 15 is 0 Å². The van der Waals surface area contributed by atoms with Gasteiger partial charge in [-0.25, -0.2) is 13.1 Å². The SMILES string of the molecule is Cc1cc(C)c(S(=O)(=O)NC[C@H](O)c2ccc(-c3ccco3)cc2)cc1C. The fraction of sp³-hybridized carbons (Fsp3) is 0.238. The molecule has 1 atom stereocenters. The molecule has 0 bridgehead atoms. The van der Waals surface area contributed by atoms with Gasteiger partial charge in [0, 0.05) is 12.1 Å². The van der Waals surface area contributed by atoms with Crippen molar-refractivity contribution in [3.63, 3.8) is 0 Å². The molecule has 27 heavy (non-hydrogen) atoms. The number of hydrogen-bond donors (Lipinski definition) is 2. The molecule has 6 heteroatoms. The summed E-state index contributed by atoms with van der Waals surface area (Å²) in [6.45, 7) is 5.49. The molecule has 0 unspecified atom stereocenters. The van der Waals surface area contributed by atoms with Gasteiger partial charge in [-0.3, -0.25) is 0 Å². The fourth-order valence-electron chi connectivity index (χ4n) is 2.92. The average Bonchev–Trinajstić information content (AvgIpc) is 3.17. The quantitative estimate of drug-likeness (QED) is 0.675. The highest BCUT2D eigenvalue weighted by atomic mass is 32.2. The molecule has 5 nitrogen and oxygen atoms in total. The van der Waals surface area contributed by atoms with Crippen LogP contribution in [0.2, 0.25) is 0 Å². The zero-order valence-corrected chi connectivity index (χ0v) is 16.4. The van der Waals surface area contributed by atoms with E-state index in [0.717, 1.165) is 22.5 Å². The van der Waals surface area contributed by atoms with Crippen molar-refractivity contribution in [3.05, 3.63) is 77.0 Å². The Balaban J connectivity index is 1.71. The number of aliphatic hydroxyl groups is 1. The molecule has 1 heterocycles. The maximum absolute atomic E-state index is 12.6. The van der Waals surface area contributed by atoms with E-state index in [4.69, 9.17) is 4.42 Å². The van der Waals surface area contributed by atoms with E-state index in [9.17, 15) is 13.5 Å². The number of rotatable bonds is 6. The Morgan fingerprint density at radius 1 is 1.00 bits per heavy atom. The van der Waals surface area contributed by atoms with Gasteiger partial charge in [-0.2, -0.15) is 0 Å². The summed E-state index contributed by atoms with van der Waals surface area (Å²) in [5, 5.41) is 10.4. The molecule has 0 spiro atoms. The topological polar surface area (TPSA) is 79.5 Å². The average molecular weight is 385 g/mol. The monoisotopic (exact) mass is 385 g/mol.